The molecule has 0 fully saturated rings. The van der Waals surface area contributed by atoms with Gasteiger partial charge in [0.15, 0.2) is 0 Å². The lowest BCUT2D eigenvalue weighted by Gasteiger charge is -2.38. The van der Waals surface area contributed by atoms with Crippen molar-refractivity contribution in [2.75, 3.05) is 4.72 Å². The highest BCUT2D eigenvalue weighted by atomic mass is 32.2. The summed E-state index contributed by atoms with van der Waals surface area (Å²) in [5, 5.41) is 11.3. The fourth-order valence-electron chi connectivity index (χ4n) is 6.09. The van der Waals surface area contributed by atoms with Crippen LogP contribution in [0.5, 0.6) is 0 Å². The Morgan fingerprint density at radius 2 is 1.10 bits per heavy atom. The zero-order valence-corrected chi connectivity index (χ0v) is 27.7. The van der Waals surface area contributed by atoms with Gasteiger partial charge >= 0.3 is 0 Å². The summed E-state index contributed by atoms with van der Waals surface area (Å²) < 4.78 is 36.6. The second-order valence-corrected chi connectivity index (χ2v) is 14.4. The smallest absolute Gasteiger partial charge is 0.269 e. The first-order chi connectivity index (χ1) is 23.9. The number of benzene rings is 6. The van der Waals surface area contributed by atoms with E-state index in [2.05, 4.69) is 41.1 Å². The maximum atomic E-state index is 14.0. The number of fused-ring (bicyclic) bond motifs is 1. The summed E-state index contributed by atoms with van der Waals surface area (Å²) in [5.74, 6) is 0.426. The molecule has 1 atom stereocenters. The predicted molar refractivity (Wildman–Crippen MR) is 195 cm³/mol. The van der Waals surface area contributed by atoms with Gasteiger partial charge < -0.3 is 4.42 Å². The molecule has 6 aromatic carbocycles. The first-order valence-corrected chi connectivity index (χ1v) is 17.9. The molecule has 49 heavy (non-hydrogen) atoms. The molecule has 0 aliphatic rings. The molecule has 7 rings (SSSR count). The summed E-state index contributed by atoms with van der Waals surface area (Å²) >= 11 is 1.66. The van der Waals surface area contributed by atoms with E-state index in [9.17, 15) is 18.5 Å². The molecule has 7 aromatic rings. The van der Waals surface area contributed by atoms with Crippen LogP contribution in [0, 0.1) is 10.1 Å². The maximum absolute atomic E-state index is 14.0. The Morgan fingerprint density at radius 1 is 0.633 bits per heavy atom. The number of non-ortho nitro benzene ring substituents is 1. The number of nitro benzene ring substituents is 1. The molecule has 1 unspecified atom stereocenters. The Hall–Kier alpha value is -5.64. The molecule has 1 N–H and O–H groups in total. The Bertz CT molecular complexity index is 2220. The summed E-state index contributed by atoms with van der Waals surface area (Å²) in [6.45, 7) is 0. The van der Waals surface area contributed by atoms with Crippen LogP contribution in [-0.2, 0) is 14.8 Å². The van der Waals surface area contributed by atoms with Gasteiger partial charge in [0.1, 0.15) is 11.3 Å². The summed E-state index contributed by atoms with van der Waals surface area (Å²) in [5.41, 5.74) is 4.67. The maximum Gasteiger partial charge on any atom is 0.269 e. The Kier molecular flexibility index (Phi) is 8.78. The quantitative estimate of drug-likeness (QED) is 0.0828. The van der Waals surface area contributed by atoms with Gasteiger partial charge in [-0.25, -0.2) is 8.42 Å². The van der Waals surface area contributed by atoms with Crippen molar-refractivity contribution < 1.29 is 17.8 Å². The van der Waals surface area contributed by atoms with E-state index in [1.807, 2.05) is 109 Å². The molecule has 0 spiro atoms. The molecule has 0 radical (unpaired) electrons. The van der Waals surface area contributed by atoms with Crippen molar-refractivity contribution in [3.8, 4) is 0 Å². The average molecular weight is 683 g/mol. The van der Waals surface area contributed by atoms with Gasteiger partial charge in [-0.3, -0.25) is 14.8 Å². The minimum absolute atomic E-state index is 0.106. The number of nitrogens with one attached hydrogen (secondary N) is 1. The molecule has 7 nitrogen and oxygen atoms in total. The molecule has 0 aliphatic heterocycles. The van der Waals surface area contributed by atoms with E-state index in [4.69, 9.17) is 4.42 Å². The second kappa shape index (κ2) is 13.5. The van der Waals surface area contributed by atoms with Crippen molar-refractivity contribution >= 4 is 44.1 Å². The molecule has 0 bridgehead atoms. The lowest BCUT2D eigenvalue weighted by molar-refractivity contribution is -0.384. The van der Waals surface area contributed by atoms with Crippen LogP contribution in [0.15, 0.2) is 179 Å². The highest BCUT2D eigenvalue weighted by Gasteiger charge is 2.42. The van der Waals surface area contributed by atoms with E-state index in [-0.39, 0.29) is 10.6 Å². The van der Waals surface area contributed by atoms with Gasteiger partial charge in [-0.15, -0.1) is 11.8 Å². The molecule has 0 saturated heterocycles. The SMILES string of the molecule is O=[N+]([O-])c1ccc(S(=O)(=O)Nc2c(C(SC(c3ccccc3)(c3ccccc3)c3ccccc3)c3ccccc3)oc3ccccc23)cc1. The summed E-state index contributed by atoms with van der Waals surface area (Å²) in [6, 6.07) is 52.9. The summed E-state index contributed by atoms with van der Waals surface area (Å²) in [6.07, 6.45) is 0. The van der Waals surface area contributed by atoms with Crippen LogP contribution in [0.3, 0.4) is 0 Å². The van der Waals surface area contributed by atoms with Gasteiger partial charge in [0.2, 0.25) is 0 Å². The number of anilines is 1. The number of rotatable bonds is 11. The number of hydrogen-bond acceptors (Lipinski definition) is 6. The Labute approximate surface area is 288 Å². The molecule has 1 aromatic heterocycles. The fraction of sp³-hybridized carbons (Fsp3) is 0.0500. The number of nitrogens with zero attached hydrogens (tertiary/aromatic N) is 1. The molecule has 0 aliphatic carbocycles. The van der Waals surface area contributed by atoms with Crippen molar-refractivity contribution in [2.45, 2.75) is 14.9 Å². The fourth-order valence-corrected chi connectivity index (χ4v) is 8.92. The Balaban J connectivity index is 1.47. The van der Waals surface area contributed by atoms with Crippen LogP contribution in [-0.4, -0.2) is 13.3 Å². The highest BCUT2D eigenvalue weighted by molar-refractivity contribution is 8.01. The average Bonchev–Trinajstić information content (AvgIpc) is 3.51. The van der Waals surface area contributed by atoms with Crippen molar-refractivity contribution in [1.82, 2.24) is 0 Å². The normalized spacial score (nSPS) is 12.4. The third-order valence-corrected chi connectivity index (χ3v) is 11.5. The molecular weight excluding hydrogens is 653 g/mol. The first-order valence-electron chi connectivity index (χ1n) is 15.5. The minimum Gasteiger partial charge on any atom is -0.457 e. The van der Waals surface area contributed by atoms with Crippen molar-refractivity contribution in [1.29, 1.82) is 0 Å². The van der Waals surface area contributed by atoms with Gasteiger partial charge in [-0.05, 0) is 46.5 Å². The van der Waals surface area contributed by atoms with Crippen LogP contribution < -0.4 is 4.72 Å². The standard InChI is InChI=1S/C40H30N2O5S2/c43-42(44)33-25-27-34(28-26-33)49(45,46)41-37-35-23-13-14-24-36(35)47-38(37)39(29-15-5-1-6-16-29)48-40(30-17-7-2-8-18-30,31-19-9-3-10-20-31)32-21-11-4-12-22-32/h1-28,39,41H. The van der Waals surface area contributed by atoms with E-state index in [1.54, 1.807) is 11.8 Å². The zero-order valence-electron chi connectivity index (χ0n) is 26.0. The number of thioether (sulfide) groups is 1. The predicted octanol–water partition coefficient (Wildman–Crippen LogP) is 9.96. The van der Waals surface area contributed by atoms with Crippen LogP contribution in [0.4, 0.5) is 11.4 Å². The molecule has 9 heteroatoms. The number of nitro groups is 1. The first kappa shape index (κ1) is 31.9. The lowest BCUT2D eigenvalue weighted by atomic mass is 9.84. The second-order valence-electron chi connectivity index (χ2n) is 11.4. The van der Waals surface area contributed by atoms with Crippen LogP contribution in [0.1, 0.15) is 33.3 Å². The molecule has 0 amide bonds. The number of hydrogen-bond donors (Lipinski definition) is 1. The lowest BCUT2D eigenvalue weighted by Crippen LogP contribution is -2.27. The van der Waals surface area contributed by atoms with Crippen LogP contribution >= 0.6 is 11.8 Å². The van der Waals surface area contributed by atoms with E-state index in [1.165, 1.54) is 24.3 Å². The van der Waals surface area contributed by atoms with E-state index in [0.717, 1.165) is 22.3 Å². The van der Waals surface area contributed by atoms with Gasteiger partial charge in [-0.2, -0.15) is 0 Å². The zero-order chi connectivity index (χ0) is 33.8. The monoisotopic (exact) mass is 682 g/mol. The van der Waals surface area contributed by atoms with Crippen molar-refractivity contribution in [2.24, 2.45) is 0 Å². The molecule has 242 valence electrons. The highest BCUT2D eigenvalue weighted by Crippen LogP contribution is 2.57. The number of sulfonamides is 1. The van der Waals surface area contributed by atoms with Crippen LogP contribution in [0.25, 0.3) is 11.0 Å². The van der Waals surface area contributed by atoms with Crippen molar-refractivity contribution in [3.05, 3.63) is 208 Å². The van der Waals surface area contributed by atoms with E-state index >= 15 is 0 Å². The topological polar surface area (TPSA) is 102 Å². The van der Waals surface area contributed by atoms with Gasteiger partial charge in [0.25, 0.3) is 15.7 Å². The third-order valence-electron chi connectivity index (χ3n) is 8.39. The van der Waals surface area contributed by atoms with Gasteiger partial charge in [0, 0.05) is 17.5 Å². The van der Waals surface area contributed by atoms with Gasteiger partial charge in [-0.1, -0.05) is 133 Å². The molecule has 1 heterocycles. The van der Waals surface area contributed by atoms with Gasteiger partial charge in [0.05, 0.1) is 25.5 Å². The largest absolute Gasteiger partial charge is 0.457 e. The van der Waals surface area contributed by atoms with Crippen molar-refractivity contribution in [3.63, 3.8) is 0 Å². The van der Waals surface area contributed by atoms with E-state index < -0.39 is 24.9 Å². The third kappa shape index (κ3) is 6.22. The molecule has 0 saturated carbocycles. The summed E-state index contributed by atoms with van der Waals surface area (Å²) in [4.78, 5) is 10.6. The molecular formula is C40H30N2O5S2. The summed E-state index contributed by atoms with van der Waals surface area (Å²) in [7, 11) is -4.20. The van der Waals surface area contributed by atoms with E-state index in [0.29, 0.717) is 22.4 Å². The van der Waals surface area contributed by atoms with Crippen LogP contribution in [0.2, 0.25) is 0 Å². The minimum atomic E-state index is -4.20. The Morgan fingerprint density at radius 3 is 1.61 bits per heavy atom. The number of para-hydroxylation sites is 1. The number of furan rings is 1.